The number of hydrogen-bond donors (Lipinski definition) is 1. The van der Waals surface area contributed by atoms with Crippen molar-refractivity contribution in [3.8, 4) is 28.4 Å². The van der Waals surface area contributed by atoms with Crippen LogP contribution in [-0.4, -0.2) is 55.3 Å². The Bertz CT molecular complexity index is 1080. The van der Waals surface area contributed by atoms with Crippen LogP contribution in [0.4, 0.5) is 13.2 Å². The Morgan fingerprint density at radius 2 is 1.85 bits per heavy atom. The Kier molecular flexibility index (Phi) is 7.59. The summed E-state index contributed by atoms with van der Waals surface area (Å²) in [5.74, 6) is 0.505. The van der Waals surface area contributed by atoms with Gasteiger partial charge in [0.1, 0.15) is 23.8 Å². The summed E-state index contributed by atoms with van der Waals surface area (Å²) in [5.41, 5.74) is 1.79. The number of para-hydroxylation sites is 1. The minimum absolute atomic E-state index is 0.216. The van der Waals surface area contributed by atoms with Gasteiger partial charge in [-0.05, 0) is 37.3 Å². The van der Waals surface area contributed by atoms with Gasteiger partial charge in [-0.25, -0.2) is 4.68 Å². The summed E-state index contributed by atoms with van der Waals surface area (Å²) in [5, 5.41) is 7.26. The molecule has 1 amide bonds. The molecule has 1 aromatic heterocycles. The Morgan fingerprint density at radius 3 is 2.48 bits per heavy atom. The van der Waals surface area contributed by atoms with E-state index in [9.17, 15) is 18.0 Å². The lowest BCUT2D eigenvalue weighted by Crippen LogP contribution is -2.37. The Morgan fingerprint density at radius 1 is 1.12 bits per heavy atom. The Balaban J connectivity index is 1.95. The molecule has 7 nitrogen and oxygen atoms in total. The van der Waals surface area contributed by atoms with Crippen molar-refractivity contribution in [3.63, 3.8) is 0 Å². The first kappa shape index (κ1) is 24.1. The second kappa shape index (κ2) is 10.4. The monoisotopic (exact) mass is 463 g/mol. The maximum absolute atomic E-state index is 13.1. The van der Waals surface area contributed by atoms with Crippen molar-refractivity contribution in [2.75, 3.05) is 27.4 Å². The maximum Gasteiger partial charge on any atom is 0.411 e. The molecule has 1 N–H and O–H groups in total. The highest BCUT2D eigenvalue weighted by molar-refractivity contribution is 6.00. The summed E-state index contributed by atoms with van der Waals surface area (Å²) in [6.07, 6.45) is -2.88. The van der Waals surface area contributed by atoms with E-state index in [1.165, 1.54) is 14.2 Å². The fourth-order valence-electron chi connectivity index (χ4n) is 3.15. The fraction of sp³-hybridized carbons (Fsp3) is 0.304. The topological polar surface area (TPSA) is 74.6 Å². The van der Waals surface area contributed by atoms with Gasteiger partial charge in [-0.3, -0.25) is 4.79 Å². The van der Waals surface area contributed by atoms with Gasteiger partial charge in [-0.15, -0.1) is 0 Å². The highest BCUT2D eigenvalue weighted by Crippen LogP contribution is 2.35. The lowest BCUT2D eigenvalue weighted by Gasteiger charge is -2.15. The van der Waals surface area contributed by atoms with Crippen LogP contribution in [-0.2, 0) is 4.74 Å². The van der Waals surface area contributed by atoms with Gasteiger partial charge in [0.2, 0.25) is 0 Å². The van der Waals surface area contributed by atoms with Crippen molar-refractivity contribution < 1.29 is 32.2 Å². The highest BCUT2D eigenvalue weighted by Gasteiger charge is 2.28. The van der Waals surface area contributed by atoms with Gasteiger partial charge in [0.05, 0.1) is 32.1 Å². The normalized spacial score (nSPS) is 12.3. The molecule has 176 valence electrons. The molecule has 0 saturated heterocycles. The number of benzene rings is 2. The number of amides is 1. The number of carbonyl (C=O) groups excluding carboxylic acids is 1. The lowest BCUT2D eigenvalue weighted by molar-refractivity contribution is -0.174. The van der Waals surface area contributed by atoms with Gasteiger partial charge >= 0.3 is 6.18 Å². The van der Waals surface area contributed by atoms with Crippen molar-refractivity contribution in [1.82, 2.24) is 15.1 Å². The van der Waals surface area contributed by atoms with Crippen LogP contribution in [0, 0.1) is 0 Å². The summed E-state index contributed by atoms with van der Waals surface area (Å²) in [7, 11) is 3.02. The van der Waals surface area contributed by atoms with Crippen molar-refractivity contribution in [1.29, 1.82) is 0 Å². The smallest absolute Gasteiger partial charge is 0.411 e. The first-order valence-corrected chi connectivity index (χ1v) is 10.0. The summed E-state index contributed by atoms with van der Waals surface area (Å²) in [6.45, 7) is -0.122. The third-order valence-electron chi connectivity index (χ3n) is 4.65. The van der Waals surface area contributed by atoms with E-state index >= 15 is 0 Å². The lowest BCUT2D eigenvalue weighted by atomic mass is 10.1. The molecular formula is C23H24F3N3O4. The summed E-state index contributed by atoms with van der Waals surface area (Å²) in [4.78, 5) is 13.1. The maximum atomic E-state index is 13.1. The van der Waals surface area contributed by atoms with Gasteiger partial charge in [-0.2, -0.15) is 18.3 Å². The molecule has 0 aliphatic rings. The predicted octanol–water partition coefficient (Wildman–Crippen LogP) is 4.25. The van der Waals surface area contributed by atoms with Crippen LogP contribution >= 0.6 is 0 Å². The second-order valence-electron chi connectivity index (χ2n) is 7.24. The van der Waals surface area contributed by atoms with Gasteiger partial charge in [0.15, 0.2) is 0 Å². The Labute approximate surface area is 189 Å². The van der Waals surface area contributed by atoms with E-state index in [0.29, 0.717) is 22.8 Å². The SMILES string of the molecule is COc1ccc(OC)c(-c2nn(-c3ccccc3)cc2C(=O)NC(C)COCC(F)(F)F)c1. The van der Waals surface area contributed by atoms with Crippen molar-refractivity contribution in [2.45, 2.75) is 19.1 Å². The number of carbonyl (C=O) groups is 1. The largest absolute Gasteiger partial charge is 0.497 e. The standard InChI is InChI=1S/C23H24F3N3O4/c1-15(13-33-14-23(24,25)26)27-22(30)19-12-29(16-7-5-4-6-8-16)28-21(19)18-11-17(31-2)9-10-20(18)32-3/h4-12,15H,13-14H2,1-3H3,(H,27,30). The molecule has 0 spiro atoms. The van der Waals surface area contributed by atoms with Crippen molar-refractivity contribution >= 4 is 5.91 Å². The second-order valence-corrected chi connectivity index (χ2v) is 7.24. The van der Waals surface area contributed by atoms with E-state index in [1.54, 1.807) is 36.0 Å². The molecule has 1 heterocycles. The molecule has 0 aliphatic carbocycles. The molecule has 0 saturated carbocycles. The zero-order valence-electron chi connectivity index (χ0n) is 18.3. The number of hydrogen-bond acceptors (Lipinski definition) is 5. The average molecular weight is 463 g/mol. The summed E-state index contributed by atoms with van der Waals surface area (Å²) < 4.78 is 53.9. The molecule has 1 unspecified atom stereocenters. The molecule has 0 aliphatic heterocycles. The summed E-state index contributed by atoms with van der Waals surface area (Å²) >= 11 is 0. The minimum atomic E-state index is -4.43. The van der Waals surface area contributed by atoms with Crippen LogP contribution < -0.4 is 14.8 Å². The van der Waals surface area contributed by atoms with Gasteiger partial charge in [0, 0.05) is 17.8 Å². The first-order chi connectivity index (χ1) is 15.7. The summed E-state index contributed by atoms with van der Waals surface area (Å²) in [6, 6.07) is 13.6. The zero-order chi connectivity index (χ0) is 24.0. The van der Waals surface area contributed by atoms with Crippen LogP contribution in [0.2, 0.25) is 0 Å². The molecule has 2 aromatic carbocycles. The van der Waals surface area contributed by atoms with Crippen LogP contribution in [0.3, 0.4) is 0 Å². The Hall–Kier alpha value is -3.53. The number of methoxy groups -OCH3 is 2. The predicted molar refractivity (Wildman–Crippen MR) is 116 cm³/mol. The highest BCUT2D eigenvalue weighted by atomic mass is 19.4. The van der Waals surface area contributed by atoms with Gasteiger partial charge in [-0.1, -0.05) is 18.2 Å². The fourth-order valence-corrected chi connectivity index (χ4v) is 3.15. The van der Waals surface area contributed by atoms with Crippen LogP contribution in [0.15, 0.2) is 54.7 Å². The molecule has 0 radical (unpaired) electrons. The van der Waals surface area contributed by atoms with Crippen molar-refractivity contribution in [3.05, 3.63) is 60.3 Å². The van der Waals surface area contributed by atoms with E-state index in [2.05, 4.69) is 15.2 Å². The molecule has 0 fully saturated rings. The van der Waals surface area contributed by atoms with Gasteiger partial charge in [0.25, 0.3) is 5.91 Å². The number of alkyl halides is 3. The molecule has 3 rings (SSSR count). The third-order valence-corrected chi connectivity index (χ3v) is 4.65. The van der Waals surface area contributed by atoms with Crippen LogP contribution in [0.5, 0.6) is 11.5 Å². The number of halogens is 3. The number of nitrogens with zero attached hydrogens (tertiary/aromatic N) is 2. The number of aromatic nitrogens is 2. The number of rotatable bonds is 9. The third kappa shape index (κ3) is 6.26. The molecule has 10 heteroatoms. The van der Waals surface area contributed by atoms with E-state index in [4.69, 9.17) is 9.47 Å². The number of nitrogens with one attached hydrogen (secondary N) is 1. The number of ether oxygens (including phenoxy) is 3. The quantitative estimate of drug-likeness (QED) is 0.514. The van der Waals surface area contributed by atoms with E-state index in [-0.39, 0.29) is 12.2 Å². The van der Waals surface area contributed by atoms with Crippen molar-refractivity contribution in [2.24, 2.45) is 0 Å². The molecule has 33 heavy (non-hydrogen) atoms. The minimum Gasteiger partial charge on any atom is -0.497 e. The molecular weight excluding hydrogens is 439 g/mol. The van der Waals surface area contributed by atoms with E-state index in [0.717, 1.165) is 5.69 Å². The molecule has 3 aromatic rings. The molecule has 0 bridgehead atoms. The van der Waals surface area contributed by atoms with E-state index in [1.807, 2.05) is 30.3 Å². The molecule has 1 atom stereocenters. The zero-order valence-corrected chi connectivity index (χ0v) is 18.3. The van der Waals surface area contributed by atoms with Crippen LogP contribution in [0.25, 0.3) is 16.9 Å². The average Bonchev–Trinajstić information content (AvgIpc) is 3.24. The first-order valence-electron chi connectivity index (χ1n) is 10.0. The van der Waals surface area contributed by atoms with Gasteiger partial charge < -0.3 is 19.5 Å². The van der Waals surface area contributed by atoms with E-state index < -0.39 is 24.7 Å². The van der Waals surface area contributed by atoms with Crippen LogP contribution in [0.1, 0.15) is 17.3 Å².